The van der Waals surface area contributed by atoms with E-state index in [-0.39, 0.29) is 0 Å². The van der Waals surface area contributed by atoms with Crippen molar-refractivity contribution < 1.29 is 0 Å². The molecule has 13 heavy (non-hydrogen) atoms. The van der Waals surface area contributed by atoms with Crippen LogP contribution in [0.4, 0.5) is 0 Å². The summed E-state index contributed by atoms with van der Waals surface area (Å²) in [5.74, 6) is 0. The lowest BCUT2D eigenvalue weighted by atomic mass is 10.3. The number of aliphatic imine (C=N–C) groups is 2. The zero-order valence-corrected chi connectivity index (χ0v) is 8.64. The first-order chi connectivity index (χ1) is 6.27. The molecule has 0 aliphatic carbocycles. The molecule has 0 radical (unpaired) electrons. The van der Waals surface area contributed by atoms with Crippen LogP contribution < -0.4 is 0 Å². The molecular weight excluding hydrogens is 180 g/mol. The molecule has 0 spiro atoms. The highest BCUT2D eigenvalue weighted by atomic mass is 32.1. The standard InChI is InChI=1S/C10H12N2S/c1-4-12-9(7-11-3)10-6-5-8(2)13-10/h4-7H,3H2,1-2H3/b9-7-,12-4?. The van der Waals surface area contributed by atoms with Crippen LogP contribution >= 0.6 is 11.3 Å². The van der Waals surface area contributed by atoms with Crippen molar-refractivity contribution in [2.45, 2.75) is 13.8 Å². The SMILES string of the molecule is C=N/C=C(\N=CC)c1ccc(C)s1. The van der Waals surface area contributed by atoms with E-state index < -0.39 is 0 Å². The molecule has 68 valence electrons. The van der Waals surface area contributed by atoms with Gasteiger partial charge in [-0.25, -0.2) is 0 Å². The minimum absolute atomic E-state index is 0.871. The van der Waals surface area contributed by atoms with Gasteiger partial charge < -0.3 is 0 Å². The normalized spacial score (nSPS) is 12.3. The van der Waals surface area contributed by atoms with E-state index in [1.165, 1.54) is 4.88 Å². The Morgan fingerprint density at radius 3 is 2.77 bits per heavy atom. The van der Waals surface area contributed by atoms with Crippen LogP contribution in [0.3, 0.4) is 0 Å². The second kappa shape index (κ2) is 4.72. The third-order valence-corrected chi connectivity index (χ3v) is 2.50. The molecule has 0 unspecified atom stereocenters. The summed E-state index contributed by atoms with van der Waals surface area (Å²) in [6.45, 7) is 7.38. The number of rotatable bonds is 3. The van der Waals surface area contributed by atoms with Gasteiger partial charge in [-0.05, 0) is 32.7 Å². The first-order valence-electron chi connectivity index (χ1n) is 3.99. The van der Waals surface area contributed by atoms with Crippen molar-refractivity contribution in [1.82, 2.24) is 0 Å². The molecule has 0 aromatic carbocycles. The van der Waals surface area contributed by atoms with Crippen molar-refractivity contribution in [3.63, 3.8) is 0 Å². The average Bonchev–Trinajstić information content (AvgIpc) is 2.51. The highest BCUT2D eigenvalue weighted by Crippen LogP contribution is 2.24. The van der Waals surface area contributed by atoms with Gasteiger partial charge in [-0.1, -0.05) is 0 Å². The molecule has 1 rings (SSSR count). The van der Waals surface area contributed by atoms with Gasteiger partial charge in [0, 0.05) is 11.1 Å². The monoisotopic (exact) mass is 192 g/mol. The van der Waals surface area contributed by atoms with Gasteiger partial charge in [-0.2, -0.15) is 0 Å². The third kappa shape index (κ3) is 2.63. The van der Waals surface area contributed by atoms with Gasteiger partial charge in [0.2, 0.25) is 0 Å². The molecule has 0 bridgehead atoms. The summed E-state index contributed by atoms with van der Waals surface area (Å²) in [5.41, 5.74) is 0.871. The average molecular weight is 192 g/mol. The Balaban J connectivity index is 3.01. The summed E-state index contributed by atoms with van der Waals surface area (Å²) in [7, 11) is 0. The van der Waals surface area contributed by atoms with Gasteiger partial charge in [0.15, 0.2) is 0 Å². The van der Waals surface area contributed by atoms with E-state index in [0.717, 1.165) is 10.6 Å². The van der Waals surface area contributed by atoms with Gasteiger partial charge in [0.1, 0.15) is 0 Å². The quantitative estimate of drug-likeness (QED) is 0.657. The Morgan fingerprint density at radius 1 is 1.54 bits per heavy atom. The number of thiophene rings is 1. The van der Waals surface area contributed by atoms with Crippen LogP contribution in [-0.2, 0) is 0 Å². The van der Waals surface area contributed by atoms with E-state index in [1.54, 1.807) is 23.8 Å². The van der Waals surface area contributed by atoms with Gasteiger partial charge >= 0.3 is 0 Å². The minimum Gasteiger partial charge on any atom is -0.270 e. The van der Waals surface area contributed by atoms with Crippen LogP contribution in [0.25, 0.3) is 5.70 Å². The Kier molecular flexibility index (Phi) is 3.58. The lowest BCUT2D eigenvalue weighted by Crippen LogP contribution is -1.73. The minimum atomic E-state index is 0.871. The molecule has 0 saturated heterocycles. The summed E-state index contributed by atoms with van der Waals surface area (Å²) >= 11 is 1.71. The molecule has 1 heterocycles. The van der Waals surface area contributed by atoms with Crippen molar-refractivity contribution >= 4 is 30.0 Å². The van der Waals surface area contributed by atoms with Crippen molar-refractivity contribution in [3.8, 4) is 0 Å². The molecule has 1 aromatic heterocycles. The molecule has 3 heteroatoms. The first-order valence-corrected chi connectivity index (χ1v) is 4.81. The Morgan fingerprint density at radius 2 is 2.31 bits per heavy atom. The lowest BCUT2D eigenvalue weighted by molar-refractivity contribution is 1.51. The van der Waals surface area contributed by atoms with Gasteiger partial charge in [0.05, 0.1) is 16.8 Å². The van der Waals surface area contributed by atoms with Crippen LogP contribution in [0.2, 0.25) is 0 Å². The largest absolute Gasteiger partial charge is 0.270 e. The maximum atomic E-state index is 4.21. The molecule has 0 aliphatic rings. The van der Waals surface area contributed by atoms with E-state index in [0.29, 0.717) is 0 Å². The van der Waals surface area contributed by atoms with Crippen LogP contribution in [0.5, 0.6) is 0 Å². The number of hydrogen-bond acceptors (Lipinski definition) is 3. The van der Waals surface area contributed by atoms with Gasteiger partial charge in [-0.3, -0.25) is 9.98 Å². The summed E-state index contributed by atoms with van der Waals surface area (Å²) in [6.07, 6.45) is 3.43. The smallest absolute Gasteiger partial charge is 0.0979 e. The summed E-state index contributed by atoms with van der Waals surface area (Å²) in [5, 5.41) is 0. The van der Waals surface area contributed by atoms with Crippen LogP contribution in [0, 0.1) is 6.92 Å². The van der Waals surface area contributed by atoms with Crippen LogP contribution in [0.1, 0.15) is 16.7 Å². The molecule has 0 atom stereocenters. The fourth-order valence-corrected chi connectivity index (χ4v) is 1.79. The van der Waals surface area contributed by atoms with Gasteiger partial charge in [0.25, 0.3) is 0 Å². The number of aryl methyl sites for hydroxylation is 1. The van der Waals surface area contributed by atoms with E-state index in [4.69, 9.17) is 0 Å². The van der Waals surface area contributed by atoms with E-state index in [2.05, 4.69) is 29.7 Å². The maximum absolute atomic E-state index is 4.21. The maximum Gasteiger partial charge on any atom is 0.0979 e. The highest BCUT2D eigenvalue weighted by molar-refractivity contribution is 7.13. The lowest BCUT2D eigenvalue weighted by Gasteiger charge is -1.93. The molecule has 0 fully saturated rings. The summed E-state index contributed by atoms with van der Waals surface area (Å²) < 4.78 is 0. The van der Waals surface area contributed by atoms with Crippen LogP contribution in [-0.4, -0.2) is 12.9 Å². The predicted molar refractivity (Wildman–Crippen MR) is 60.7 cm³/mol. The third-order valence-electron chi connectivity index (χ3n) is 1.47. The fraction of sp³-hybridized carbons (Fsp3) is 0.200. The molecule has 0 amide bonds. The van der Waals surface area contributed by atoms with Crippen molar-refractivity contribution in [2.75, 3.05) is 0 Å². The zero-order chi connectivity index (χ0) is 9.68. The highest BCUT2D eigenvalue weighted by Gasteiger charge is 2.00. The predicted octanol–water partition coefficient (Wildman–Crippen LogP) is 3.15. The topological polar surface area (TPSA) is 24.7 Å². The van der Waals surface area contributed by atoms with E-state index in [1.807, 2.05) is 13.0 Å². The molecule has 0 N–H and O–H groups in total. The zero-order valence-electron chi connectivity index (χ0n) is 7.82. The van der Waals surface area contributed by atoms with Crippen LogP contribution in [0.15, 0.2) is 28.3 Å². The molecule has 0 aliphatic heterocycles. The van der Waals surface area contributed by atoms with Crippen molar-refractivity contribution in [3.05, 3.63) is 28.1 Å². The Hall–Kier alpha value is -1.22. The second-order valence-electron chi connectivity index (χ2n) is 2.49. The Bertz CT molecular complexity index is 348. The fourth-order valence-electron chi connectivity index (χ4n) is 0.958. The Labute approximate surface area is 82.4 Å². The van der Waals surface area contributed by atoms with E-state index in [9.17, 15) is 0 Å². The molecule has 2 nitrogen and oxygen atoms in total. The second-order valence-corrected chi connectivity index (χ2v) is 3.78. The van der Waals surface area contributed by atoms with E-state index >= 15 is 0 Å². The van der Waals surface area contributed by atoms with Gasteiger partial charge in [-0.15, -0.1) is 11.3 Å². The number of hydrogen-bond donors (Lipinski definition) is 0. The van der Waals surface area contributed by atoms with Crippen molar-refractivity contribution in [1.29, 1.82) is 0 Å². The summed E-state index contributed by atoms with van der Waals surface area (Å²) in [6, 6.07) is 4.12. The van der Waals surface area contributed by atoms with Crippen molar-refractivity contribution in [2.24, 2.45) is 9.98 Å². The molecule has 1 aromatic rings. The molecule has 0 saturated carbocycles. The molecular formula is C10H12N2S. The summed E-state index contributed by atoms with van der Waals surface area (Å²) in [4.78, 5) is 10.3. The first kappa shape index (κ1) is 9.86. The number of nitrogens with zero attached hydrogens (tertiary/aromatic N) is 2.